The summed E-state index contributed by atoms with van der Waals surface area (Å²) < 4.78 is 0. The lowest BCUT2D eigenvalue weighted by Gasteiger charge is -2.11. The molecular weight excluding hydrogens is 288 g/mol. The van der Waals surface area contributed by atoms with Crippen molar-refractivity contribution in [3.63, 3.8) is 0 Å². The summed E-state index contributed by atoms with van der Waals surface area (Å²) in [6.07, 6.45) is 0.751. The number of hydrogen-bond donors (Lipinski definition) is 2. The molecule has 0 saturated carbocycles. The summed E-state index contributed by atoms with van der Waals surface area (Å²) in [6.45, 7) is 4.67. The Balaban J connectivity index is 1.60. The second-order valence-electron chi connectivity index (χ2n) is 5.82. The predicted octanol–water partition coefficient (Wildman–Crippen LogP) is 2.77. The number of carbonyl (C=O) groups is 1. The van der Waals surface area contributed by atoms with Crippen LogP contribution >= 0.6 is 0 Å². The molecule has 0 radical (unpaired) electrons. The summed E-state index contributed by atoms with van der Waals surface area (Å²) in [6, 6.07) is 14.5. The topological polar surface area (TPSA) is 52.6 Å². The number of aliphatic hydroxyl groups is 1. The van der Waals surface area contributed by atoms with E-state index < -0.39 is 0 Å². The number of likely N-dealkylation sites (N-methyl/N-ethyl adjacent to an activating group) is 1. The van der Waals surface area contributed by atoms with Crippen LogP contribution in [0.3, 0.4) is 0 Å². The van der Waals surface area contributed by atoms with Crippen LogP contribution in [-0.4, -0.2) is 36.1 Å². The van der Waals surface area contributed by atoms with Crippen molar-refractivity contribution in [1.82, 2.24) is 10.2 Å². The van der Waals surface area contributed by atoms with Crippen molar-refractivity contribution in [2.75, 3.05) is 20.1 Å². The summed E-state index contributed by atoms with van der Waals surface area (Å²) in [5, 5.41) is 15.2. The molecule has 2 aromatic rings. The van der Waals surface area contributed by atoms with Gasteiger partial charge in [-0.2, -0.15) is 0 Å². The van der Waals surface area contributed by atoms with E-state index in [2.05, 4.69) is 42.2 Å². The van der Waals surface area contributed by atoms with E-state index >= 15 is 0 Å². The standard InChI is InChI=1S/C19H20N2O2/c1-13-18(22)17(12-21(13)2)19(23)20-10-9-14-7-8-15-5-3-4-6-16(15)11-14/h3-8,11,22H,1,9-10,12H2,2H3,(H,20,23). The number of benzene rings is 2. The van der Waals surface area contributed by atoms with Crippen molar-refractivity contribution in [3.05, 3.63) is 71.6 Å². The molecule has 0 fully saturated rings. The predicted molar refractivity (Wildman–Crippen MR) is 92.1 cm³/mol. The minimum absolute atomic E-state index is 0.00398. The molecular formula is C19H20N2O2. The highest BCUT2D eigenvalue weighted by atomic mass is 16.3. The lowest BCUT2D eigenvalue weighted by molar-refractivity contribution is -0.117. The van der Waals surface area contributed by atoms with Gasteiger partial charge < -0.3 is 15.3 Å². The molecule has 2 N–H and O–H groups in total. The van der Waals surface area contributed by atoms with Gasteiger partial charge in [0.25, 0.3) is 5.91 Å². The highest BCUT2D eigenvalue weighted by molar-refractivity contribution is 5.95. The molecule has 2 aromatic carbocycles. The molecule has 1 aliphatic heterocycles. The summed E-state index contributed by atoms with van der Waals surface area (Å²) in [4.78, 5) is 13.9. The van der Waals surface area contributed by atoms with Gasteiger partial charge >= 0.3 is 0 Å². The molecule has 1 aliphatic rings. The number of nitrogens with one attached hydrogen (secondary N) is 1. The number of rotatable bonds is 4. The van der Waals surface area contributed by atoms with Gasteiger partial charge in [-0.05, 0) is 22.8 Å². The quantitative estimate of drug-likeness (QED) is 0.913. The Morgan fingerprint density at radius 1 is 1.26 bits per heavy atom. The highest BCUT2D eigenvalue weighted by Gasteiger charge is 2.26. The zero-order chi connectivity index (χ0) is 16.4. The molecule has 0 saturated heterocycles. The van der Waals surface area contributed by atoms with Crippen molar-refractivity contribution in [2.24, 2.45) is 0 Å². The molecule has 118 valence electrons. The van der Waals surface area contributed by atoms with Gasteiger partial charge in [0.2, 0.25) is 0 Å². The zero-order valence-corrected chi connectivity index (χ0v) is 13.2. The van der Waals surface area contributed by atoms with E-state index in [1.807, 2.05) is 12.1 Å². The van der Waals surface area contributed by atoms with Crippen LogP contribution in [0.1, 0.15) is 5.56 Å². The van der Waals surface area contributed by atoms with Crippen molar-refractivity contribution >= 4 is 16.7 Å². The molecule has 0 aliphatic carbocycles. The van der Waals surface area contributed by atoms with E-state index in [1.165, 1.54) is 16.3 Å². The summed E-state index contributed by atoms with van der Waals surface area (Å²) in [7, 11) is 1.80. The van der Waals surface area contributed by atoms with Gasteiger partial charge in [-0.25, -0.2) is 0 Å². The molecule has 3 rings (SSSR count). The maximum absolute atomic E-state index is 12.2. The Kier molecular flexibility index (Phi) is 4.06. The Hall–Kier alpha value is -2.75. The number of hydrogen-bond acceptors (Lipinski definition) is 3. The van der Waals surface area contributed by atoms with Gasteiger partial charge in [0, 0.05) is 13.6 Å². The molecule has 0 unspecified atom stereocenters. The fourth-order valence-electron chi connectivity index (χ4n) is 2.76. The molecule has 1 heterocycles. The molecule has 0 spiro atoms. The van der Waals surface area contributed by atoms with E-state index in [4.69, 9.17) is 0 Å². The smallest absolute Gasteiger partial charge is 0.252 e. The summed E-state index contributed by atoms with van der Waals surface area (Å²) in [5.74, 6) is -0.232. The number of aliphatic hydroxyl groups excluding tert-OH is 1. The molecule has 4 heteroatoms. The number of amides is 1. The third kappa shape index (κ3) is 3.06. The second kappa shape index (κ2) is 6.16. The van der Waals surface area contributed by atoms with Crippen molar-refractivity contribution in [2.45, 2.75) is 6.42 Å². The fraction of sp³-hybridized carbons (Fsp3) is 0.211. The summed E-state index contributed by atoms with van der Waals surface area (Å²) in [5.41, 5.74) is 2.05. The normalized spacial score (nSPS) is 14.7. The van der Waals surface area contributed by atoms with Crippen LogP contribution in [0.15, 0.2) is 66.1 Å². The van der Waals surface area contributed by atoms with Gasteiger partial charge in [-0.1, -0.05) is 49.0 Å². The van der Waals surface area contributed by atoms with Crippen LogP contribution in [-0.2, 0) is 11.2 Å². The minimum atomic E-state index is -0.228. The number of nitrogens with zero attached hydrogens (tertiary/aromatic N) is 1. The maximum atomic E-state index is 12.2. The van der Waals surface area contributed by atoms with E-state index in [1.54, 1.807) is 11.9 Å². The van der Waals surface area contributed by atoms with Crippen molar-refractivity contribution in [3.8, 4) is 0 Å². The minimum Gasteiger partial charge on any atom is -0.505 e. The first kappa shape index (κ1) is 15.2. The molecule has 0 atom stereocenters. The van der Waals surface area contributed by atoms with Crippen LogP contribution in [0.4, 0.5) is 0 Å². The first-order valence-corrected chi connectivity index (χ1v) is 7.64. The molecule has 0 bridgehead atoms. The Labute approximate surface area is 135 Å². The third-order valence-corrected chi connectivity index (χ3v) is 4.20. The summed E-state index contributed by atoms with van der Waals surface area (Å²) >= 11 is 0. The number of carbonyl (C=O) groups excluding carboxylic acids is 1. The third-order valence-electron chi connectivity index (χ3n) is 4.20. The largest absolute Gasteiger partial charge is 0.505 e. The first-order chi connectivity index (χ1) is 11.1. The average Bonchev–Trinajstić information content (AvgIpc) is 2.82. The molecule has 23 heavy (non-hydrogen) atoms. The van der Waals surface area contributed by atoms with Gasteiger partial charge in [0.1, 0.15) is 5.76 Å². The monoisotopic (exact) mass is 308 g/mol. The number of fused-ring (bicyclic) bond motifs is 1. The van der Waals surface area contributed by atoms with Crippen molar-refractivity contribution in [1.29, 1.82) is 0 Å². The lowest BCUT2D eigenvalue weighted by Crippen LogP contribution is -2.29. The van der Waals surface area contributed by atoms with Crippen molar-refractivity contribution < 1.29 is 9.90 Å². The SMILES string of the molecule is C=C1C(O)=C(C(=O)NCCc2ccc3ccccc3c2)CN1C. The van der Waals surface area contributed by atoms with E-state index in [-0.39, 0.29) is 11.7 Å². The molecule has 0 aromatic heterocycles. The maximum Gasteiger partial charge on any atom is 0.252 e. The first-order valence-electron chi connectivity index (χ1n) is 7.64. The van der Waals surface area contributed by atoms with Crippen LogP contribution in [0.2, 0.25) is 0 Å². The molecule has 4 nitrogen and oxygen atoms in total. The lowest BCUT2D eigenvalue weighted by atomic mass is 10.1. The fourth-order valence-corrected chi connectivity index (χ4v) is 2.76. The van der Waals surface area contributed by atoms with Gasteiger partial charge in [-0.3, -0.25) is 4.79 Å². The van der Waals surface area contributed by atoms with Gasteiger partial charge in [0.15, 0.2) is 0 Å². The molecule has 1 amide bonds. The Bertz CT molecular complexity index is 808. The van der Waals surface area contributed by atoms with Crippen LogP contribution in [0.5, 0.6) is 0 Å². The van der Waals surface area contributed by atoms with E-state index in [0.717, 1.165) is 6.42 Å². The Morgan fingerprint density at radius 2 is 2.00 bits per heavy atom. The zero-order valence-electron chi connectivity index (χ0n) is 13.2. The van der Waals surface area contributed by atoms with E-state index in [9.17, 15) is 9.90 Å². The van der Waals surface area contributed by atoms with E-state index in [0.29, 0.717) is 24.4 Å². The van der Waals surface area contributed by atoms with Crippen LogP contribution in [0.25, 0.3) is 10.8 Å². The van der Waals surface area contributed by atoms with Crippen LogP contribution in [0, 0.1) is 0 Å². The second-order valence-corrected chi connectivity index (χ2v) is 5.82. The highest BCUT2D eigenvalue weighted by Crippen LogP contribution is 2.22. The van der Waals surface area contributed by atoms with Gasteiger partial charge in [-0.15, -0.1) is 0 Å². The van der Waals surface area contributed by atoms with Crippen LogP contribution < -0.4 is 5.32 Å². The Morgan fingerprint density at radius 3 is 2.70 bits per heavy atom. The van der Waals surface area contributed by atoms with Gasteiger partial charge in [0.05, 0.1) is 17.8 Å². The average molecular weight is 308 g/mol.